The van der Waals surface area contributed by atoms with E-state index in [1.165, 1.54) is 30.2 Å². The standard InChI is InChI=1S/C26H28N4OS/c1-3-24(25(31)29-23-14-17(2)28-22-13-9-8-11-20(22)23)32-26-19(16-27)15-18-10-6-4-5-7-12-21(18)30-26/h8-9,11,13-15,24H,3-7,10,12H2,1-2H3,(H,28,29,31). The van der Waals surface area contributed by atoms with Crippen LogP contribution in [0.15, 0.2) is 41.4 Å². The number of amides is 1. The van der Waals surface area contributed by atoms with E-state index in [-0.39, 0.29) is 11.2 Å². The van der Waals surface area contributed by atoms with E-state index < -0.39 is 0 Å². The molecule has 4 rings (SSSR count). The van der Waals surface area contributed by atoms with Crippen molar-refractivity contribution in [2.75, 3.05) is 5.32 Å². The van der Waals surface area contributed by atoms with E-state index in [0.29, 0.717) is 17.0 Å². The lowest BCUT2D eigenvalue weighted by Crippen LogP contribution is -2.25. The van der Waals surface area contributed by atoms with Crippen molar-refractivity contribution in [3.8, 4) is 6.07 Å². The molecule has 0 bridgehead atoms. The second-order valence-corrected chi connectivity index (χ2v) is 9.50. The van der Waals surface area contributed by atoms with Crippen LogP contribution in [0.5, 0.6) is 0 Å². The van der Waals surface area contributed by atoms with Crippen molar-refractivity contribution in [2.24, 2.45) is 0 Å². The van der Waals surface area contributed by atoms with Gasteiger partial charge in [0.1, 0.15) is 11.1 Å². The van der Waals surface area contributed by atoms with Gasteiger partial charge >= 0.3 is 0 Å². The van der Waals surface area contributed by atoms with Crippen LogP contribution in [-0.2, 0) is 17.6 Å². The number of benzene rings is 1. The number of anilines is 1. The molecule has 1 unspecified atom stereocenters. The van der Waals surface area contributed by atoms with Crippen LogP contribution in [0, 0.1) is 18.3 Å². The minimum absolute atomic E-state index is 0.0781. The molecular weight excluding hydrogens is 416 g/mol. The van der Waals surface area contributed by atoms with Crippen LogP contribution < -0.4 is 5.32 Å². The molecule has 0 saturated heterocycles. The first kappa shape index (κ1) is 22.3. The molecule has 1 amide bonds. The third-order valence-corrected chi connectivity index (χ3v) is 7.27. The van der Waals surface area contributed by atoms with E-state index in [9.17, 15) is 10.1 Å². The number of aromatic nitrogens is 2. The Bertz CT molecular complexity index is 1180. The quantitative estimate of drug-likeness (QED) is 0.490. The Morgan fingerprint density at radius 1 is 1.16 bits per heavy atom. The lowest BCUT2D eigenvalue weighted by Gasteiger charge is -2.19. The second kappa shape index (κ2) is 10.1. The number of hydrogen-bond acceptors (Lipinski definition) is 5. The highest BCUT2D eigenvalue weighted by atomic mass is 32.2. The smallest absolute Gasteiger partial charge is 0.237 e. The predicted molar refractivity (Wildman–Crippen MR) is 130 cm³/mol. The minimum Gasteiger partial charge on any atom is -0.324 e. The molecular formula is C26H28N4OS. The van der Waals surface area contributed by atoms with Crippen molar-refractivity contribution < 1.29 is 4.79 Å². The summed E-state index contributed by atoms with van der Waals surface area (Å²) in [5.74, 6) is -0.0781. The highest BCUT2D eigenvalue weighted by Crippen LogP contribution is 2.32. The zero-order chi connectivity index (χ0) is 22.5. The summed E-state index contributed by atoms with van der Waals surface area (Å²) in [6.07, 6.45) is 7.30. The third kappa shape index (κ3) is 4.94. The van der Waals surface area contributed by atoms with Gasteiger partial charge in [0.05, 0.1) is 22.0 Å². The van der Waals surface area contributed by atoms with E-state index in [2.05, 4.69) is 16.4 Å². The molecule has 0 saturated carbocycles. The number of rotatable bonds is 5. The molecule has 0 radical (unpaired) electrons. The highest BCUT2D eigenvalue weighted by molar-refractivity contribution is 8.00. The first-order valence-corrected chi connectivity index (χ1v) is 12.2. The average molecular weight is 445 g/mol. The van der Waals surface area contributed by atoms with Gasteiger partial charge in [-0.3, -0.25) is 9.78 Å². The summed E-state index contributed by atoms with van der Waals surface area (Å²) in [5.41, 5.74) is 5.35. The molecule has 1 atom stereocenters. The van der Waals surface area contributed by atoms with Gasteiger partial charge in [0.15, 0.2) is 0 Å². The molecule has 1 aliphatic rings. The maximum Gasteiger partial charge on any atom is 0.237 e. The summed E-state index contributed by atoms with van der Waals surface area (Å²) in [6.45, 7) is 3.92. The van der Waals surface area contributed by atoms with E-state index >= 15 is 0 Å². The normalized spacial score (nSPS) is 14.7. The number of carbonyl (C=O) groups is 1. The Morgan fingerprint density at radius 2 is 1.94 bits per heavy atom. The largest absolute Gasteiger partial charge is 0.324 e. The van der Waals surface area contributed by atoms with E-state index in [4.69, 9.17) is 4.98 Å². The van der Waals surface area contributed by atoms with Gasteiger partial charge in [-0.05, 0) is 62.8 Å². The van der Waals surface area contributed by atoms with Crippen LogP contribution in [0.1, 0.15) is 61.5 Å². The van der Waals surface area contributed by atoms with Crippen LogP contribution in [0.3, 0.4) is 0 Å². The molecule has 1 N–H and O–H groups in total. The maximum atomic E-state index is 13.2. The number of aryl methyl sites for hydroxylation is 3. The van der Waals surface area contributed by atoms with Crippen LogP contribution in [0.4, 0.5) is 5.69 Å². The van der Waals surface area contributed by atoms with Crippen LogP contribution in [0.2, 0.25) is 0 Å². The SMILES string of the molecule is CCC(Sc1nc2c(cc1C#N)CCCCCC2)C(=O)Nc1cc(C)nc2ccccc12. The Hall–Kier alpha value is -2.91. The number of thioether (sulfide) groups is 1. The van der Waals surface area contributed by atoms with Crippen LogP contribution in [-0.4, -0.2) is 21.1 Å². The average Bonchev–Trinajstić information content (AvgIpc) is 2.77. The van der Waals surface area contributed by atoms with Gasteiger partial charge in [-0.25, -0.2) is 4.98 Å². The van der Waals surface area contributed by atoms with Crippen molar-refractivity contribution in [1.82, 2.24) is 9.97 Å². The van der Waals surface area contributed by atoms with Crippen LogP contribution in [0.25, 0.3) is 10.9 Å². The third-order valence-electron chi connectivity index (χ3n) is 5.91. The molecule has 5 nitrogen and oxygen atoms in total. The zero-order valence-electron chi connectivity index (χ0n) is 18.6. The second-order valence-electron chi connectivity index (χ2n) is 8.31. The Morgan fingerprint density at radius 3 is 2.72 bits per heavy atom. The summed E-state index contributed by atoms with van der Waals surface area (Å²) in [5, 5.41) is 14.1. The van der Waals surface area contributed by atoms with Gasteiger partial charge in [-0.1, -0.05) is 49.7 Å². The van der Waals surface area contributed by atoms with Crippen LogP contribution >= 0.6 is 11.8 Å². The molecule has 32 heavy (non-hydrogen) atoms. The fraction of sp³-hybridized carbons (Fsp3) is 0.385. The Balaban J connectivity index is 1.59. The maximum absolute atomic E-state index is 13.2. The Kier molecular flexibility index (Phi) is 7.06. The lowest BCUT2D eigenvalue weighted by atomic mass is 9.96. The lowest BCUT2D eigenvalue weighted by molar-refractivity contribution is -0.115. The number of hydrogen-bond donors (Lipinski definition) is 1. The molecule has 0 fully saturated rings. The summed E-state index contributed by atoms with van der Waals surface area (Å²) in [7, 11) is 0. The number of nitrogens with one attached hydrogen (secondary N) is 1. The molecule has 6 heteroatoms. The number of pyridine rings is 2. The van der Waals surface area contributed by atoms with Gasteiger partial charge in [-0.15, -0.1) is 0 Å². The highest BCUT2D eigenvalue weighted by Gasteiger charge is 2.23. The number of fused-ring (bicyclic) bond motifs is 2. The topological polar surface area (TPSA) is 78.7 Å². The van der Waals surface area contributed by atoms with Crippen molar-refractivity contribution in [3.63, 3.8) is 0 Å². The van der Waals surface area contributed by atoms with Crippen molar-refractivity contribution >= 4 is 34.3 Å². The van der Waals surface area contributed by atoms with E-state index in [1.807, 2.05) is 50.2 Å². The van der Waals surface area contributed by atoms with Crippen molar-refractivity contribution in [1.29, 1.82) is 5.26 Å². The molecule has 164 valence electrons. The molecule has 0 spiro atoms. The molecule has 1 aromatic carbocycles. The fourth-order valence-corrected chi connectivity index (χ4v) is 5.22. The van der Waals surface area contributed by atoms with Gasteiger partial charge in [-0.2, -0.15) is 5.26 Å². The fourth-order valence-electron chi connectivity index (χ4n) is 4.22. The van der Waals surface area contributed by atoms with Gasteiger partial charge in [0.2, 0.25) is 5.91 Å². The van der Waals surface area contributed by atoms with E-state index in [0.717, 1.165) is 53.7 Å². The number of nitrogens with zero attached hydrogens (tertiary/aromatic N) is 3. The van der Waals surface area contributed by atoms with E-state index in [1.54, 1.807) is 0 Å². The monoisotopic (exact) mass is 444 g/mol. The first-order valence-electron chi connectivity index (χ1n) is 11.4. The summed E-state index contributed by atoms with van der Waals surface area (Å²) < 4.78 is 0. The molecule has 3 aromatic rings. The number of carbonyl (C=O) groups excluding carboxylic acids is 1. The van der Waals surface area contributed by atoms with Gasteiger partial charge in [0.25, 0.3) is 0 Å². The van der Waals surface area contributed by atoms with Gasteiger partial charge < -0.3 is 5.32 Å². The van der Waals surface area contributed by atoms with Crippen molar-refractivity contribution in [3.05, 3.63) is 58.9 Å². The molecule has 2 heterocycles. The predicted octanol–water partition coefficient (Wildman–Crippen LogP) is 5.98. The molecule has 2 aromatic heterocycles. The van der Waals surface area contributed by atoms with Gasteiger partial charge in [0, 0.05) is 16.8 Å². The minimum atomic E-state index is -0.339. The van der Waals surface area contributed by atoms with Crippen molar-refractivity contribution in [2.45, 2.75) is 69.1 Å². The summed E-state index contributed by atoms with van der Waals surface area (Å²) in [6, 6.07) is 14.0. The Labute approximate surface area is 193 Å². The summed E-state index contributed by atoms with van der Waals surface area (Å²) in [4.78, 5) is 22.7. The first-order chi connectivity index (χ1) is 15.6. The molecule has 0 aliphatic heterocycles. The molecule has 1 aliphatic carbocycles. The zero-order valence-corrected chi connectivity index (χ0v) is 19.5. The number of nitriles is 1. The summed E-state index contributed by atoms with van der Waals surface area (Å²) >= 11 is 1.40. The number of para-hydroxylation sites is 1.